The van der Waals surface area contributed by atoms with Crippen LogP contribution in [0.3, 0.4) is 0 Å². The number of anilines is 1. The number of hydrogen-bond donors (Lipinski definition) is 1. The Morgan fingerprint density at radius 3 is 2.75 bits per heavy atom. The lowest BCUT2D eigenvalue weighted by Gasteiger charge is -2.12. The molecule has 0 saturated heterocycles. The summed E-state index contributed by atoms with van der Waals surface area (Å²) in [4.78, 5) is 16.1. The first-order valence-electron chi connectivity index (χ1n) is 7.26. The predicted octanol–water partition coefficient (Wildman–Crippen LogP) is 3.25. The number of carbonyl (C=O) groups is 1. The maximum Gasteiger partial charge on any atom is 0.262 e. The van der Waals surface area contributed by atoms with E-state index >= 15 is 0 Å². The molecule has 1 aromatic heterocycles. The van der Waals surface area contributed by atoms with E-state index < -0.39 is 0 Å². The second kappa shape index (κ2) is 7.14. The number of benzene rings is 2. The highest BCUT2D eigenvalue weighted by molar-refractivity contribution is 6.31. The minimum Gasteiger partial charge on any atom is -0.484 e. The Kier molecular flexibility index (Phi) is 4.77. The molecule has 1 amide bonds. The quantitative estimate of drug-likeness (QED) is 0.772. The smallest absolute Gasteiger partial charge is 0.262 e. The summed E-state index contributed by atoms with van der Waals surface area (Å²) in [5, 5.41) is 7.36. The molecule has 122 valence electrons. The number of ether oxygens (including phenoxy) is 1. The normalized spacial score (nSPS) is 10.4. The van der Waals surface area contributed by atoms with E-state index in [0.717, 1.165) is 5.56 Å². The van der Waals surface area contributed by atoms with E-state index in [1.165, 1.54) is 6.33 Å². The number of nitrogens with zero attached hydrogens (tertiary/aromatic N) is 3. The van der Waals surface area contributed by atoms with Crippen LogP contribution < -0.4 is 10.1 Å². The number of nitrogens with one attached hydrogen (secondary N) is 1. The summed E-state index contributed by atoms with van der Waals surface area (Å²) in [7, 11) is 0. The van der Waals surface area contributed by atoms with Gasteiger partial charge in [-0.25, -0.2) is 9.67 Å². The van der Waals surface area contributed by atoms with Crippen LogP contribution in [-0.2, 0) is 4.79 Å². The predicted molar refractivity (Wildman–Crippen MR) is 91.7 cm³/mol. The van der Waals surface area contributed by atoms with Crippen molar-refractivity contribution in [2.24, 2.45) is 0 Å². The van der Waals surface area contributed by atoms with E-state index in [1.807, 2.05) is 31.2 Å². The fourth-order valence-electron chi connectivity index (χ4n) is 2.11. The summed E-state index contributed by atoms with van der Waals surface area (Å²) < 4.78 is 7.02. The van der Waals surface area contributed by atoms with Gasteiger partial charge in [0.15, 0.2) is 6.61 Å². The standard InChI is InChI=1S/C17H15ClN4O2/c1-12-2-5-14(6-3-12)24-9-17(23)21-15-8-13(18)4-7-16(15)22-11-19-10-20-22/h2-8,10-11H,9H2,1H3,(H,21,23). The van der Waals surface area contributed by atoms with E-state index in [2.05, 4.69) is 15.4 Å². The zero-order valence-corrected chi connectivity index (χ0v) is 13.7. The first-order valence-corrected chi connectivity index (χ1v) is 7.63. The first kappa shape index (κ1) is 16.0. The van der Waals surface area contributed by atoms with Crippen LogP contribution in [0.4, 0.5) is 5.69 Å². The average molecular weight is 343 g/mol. The van der Waals surface area contributed by atoms with Crippen LogP contribution in [0.25, 0.3) is 5.69 Å². The third-order valence-electron chi connectivity index (χ3n) is 3.29. The molecular formula is C17H15ClN4O2. The summed E-state index contributed by atoms with van der Waals surface area (Å²) in [6.45, 7) is 1.88. The van der Waals surface area contributed by atoms with Crippen molar-refractivity contribution in [1.82, 2.24) is 14.8 Å². The van der Waals surface area contributed by atoms with Crippen LogP contribution >= 0.6 is 11.6 Å². The number of carbonyl (C=O) groups excluding carboxylic acids is 1. The molecule has 7 heteroatoms. The lowest BCUT2D eigenvalue weighted by Crippen LogP contribution is -2.21. The van der Waals surface area contributed by atoms with E-state index in [4.69, 9.17) is 16.3 Å². The van der Waals surface area contributed by atoms with Crippen molar-refractivity contribution >= 4 is 23.2 Å². The van der Waals surface area contributed by atoms with E-state index in [9.17, 15) is 4.79 Å². The molecule has 0 fully saturated rings. The highest BCUT2D eigenvalue weighted by atomic mass is 35.5. The van der Waals surface area contributed by atoms with Gasteiger partial charge in [0.1, 0.15) is 18.4 Å². The van der Waals surface area contributed by atoms with Gasteiger partial charge in [0, 0.05) is 5.02 Å². The topological polar surface area (TPSA) is 69.0 Å². The molecule has 1 heterocycles. The molecule has 0 aliphatic carbocycles. The van der Waals surface area contributed by atoms with Crippen LogP contribution in [0.1, 0.15) is 5.56 Å². The molecule has 24 heavy (non-hydrogen) atoms. The molecule has 0 radical (unpaired) electrons. The van der Waals surface area contributed by atoms with Gasteiger partial charge >= 0.3 is 0 Å². The van der Waals surface area contributed by atoms with E-state index in [0.29, 0.717) is 22.1 Å². The first-order chi connectivity index (χ1) is 11.6. The summed E-state index contributed by atoms with van der Waals surface area (Å²) in [5.41, 5.74) is 2.33. The van der Waals surface area contributed by atoms with Gasteiger partial charge in [-0.1, -0.05) is 29.3 Å². The highest BCUT2D eigenvalue weighted by Gasteiger charge is 2.10. The summed E-state index contributed by atoms with van der Waals surface area (Å²) in [6, 6.07) is 12.6. The Morgan fingerprint density at radius 1 is 1.25 bits per heavy atom. The second-order valence-electron chi connectivity index (χ2n) is 5.15. The van der Waals surface area contributed by atoms with Crippen molar-refractivity contribution in [2.45, 2.75) is 6.92 Å². The van der Waals surface area contributed by atoms with Gasteiger partial charge in [0.2, 0.25) is 0 Å². The zero-order chi connectivity index (χ0) is 16.9. The Hall–Kier alpha value is -2.86. The molecule has 0 spiro atoms. The number of rotatable bonds is 5. The van der Waals surface area contributed by atoms with E-state index in [1.54, 1.807) is 29.2 Å². The number of halogens is 1. The Bertz CT molecular complexity index is 832. The molecule has 2 aromatic carbocycles. The number of hydrogen-bond acceptors (Lipinski definition) is 4. The van der Waals surface area contributed by atoms with Crippen molar-refractivity contribution in [3.05, 3.63) is 65.7 Å². The molecule has 6 nitrogen and oxygen atoms in total. The lowest BCUT2D eigenvalue weighted by molar-refractivity contribution is -0.118. The molecule has 3 aromatic rings. The van der Waals surface area contributed by atoms with Gasteiger partial charge < -0.3 is 10.1 Å². The maximum absolute atomic E-state index is 12.2. The molecule has 0 bridgehead atoms. The van der Waals surface area contributed by atoms with Crippen LogP contribution in [0.2, 0.25) is 5.02 Å². The second-order valence-corrected chi connectivity index (χ2v) is 5.59. The summed E-state index contributed by atoms with van der Waals surface area (Å²) in [6.07, 6.45) is 2.96. The highest BCUT2D eigenvalue weighted by Crippen LogP contribution is 2.24. The molecule has 0 saturated carbocycles. The summed E-state index contributed by atoms with van der Waals surface area (Å²) in [5.74, 6) is 0.345. The van der Waals surface area contributed by atoms with Crippen LogP contribution in [-0.4, -0.2) is 27.3 Å². The van der Waals surface area contributed by atoms with Crippen molar-refractivity contribution in [3.8, 4) is 11.4 Å². The van der Waals surface area contributed by atoms with Gasteiger partial charge in [-0.3, -0.25) is 4.79 Å². The monoisotopic (exact) mass is 342 g/mol. The fraction of sp³-hybridized carbons (Fsp3) is 0.118. The van der Waals surface area contributed by atoms with Crippen molar-refractivity contribution < 1.29 is 9.53 Å². The van der Waals surface area contributed by atoms with Gasteiger partial charge in [0.25, 0.3) is 5.91 Å². The SMILES string of the molecule is Cc1ccc(OCC(=O)Nc2cc(Cl)ccc2-n2cncn2)cc1. The van der Waals surface area contributed by atoms with Crippen LogP contribution in [0.15, 0.2) is 55.1 Å². The molecule has 0 aliphatic heterocycles. The Balaban J connectivity index is 1.70. The minimum atomic E-state index is -0.292. The van der Waals surface area contributed by atoms with E-state index in [-0.39, 0.29) is 12.5 Å². The van der Waals surface area contributed by atoms with Crippen molar-refractivity contribution in [1.29, 1.82) is 0 Å². The summed E-state index contributed by atoms with van der Waals surface area (Å²) >= 11 is 6.02. The van der Waals surface area contributed by atoms with Gasteiger partial charge in [-0.2, -0.15) is 5.10 Å². The lowest BCUT2D eigenvalue weighted by atomic mass is 10.2. The van der Waals surface area contributed by atoms with Crippen molar-refractivity contribution in [2.75, 3.05) is 11.9 Å². The maximum atomic E-state index is 12.2. The van der Waals surface area contributed by atoms with Gasteiger partial charge in [0.05, 0.1) is 11.4 Å². The van der Waals surface area contributed by atoms with Crippen LogP contribution in [0.5, 0.6) is 5.75 Å². The number of amides is 1. The van der Waals surface area contributed by atoms with Gasteiger partial charge in [-0.05, 0) is 37.3 Å². The molecule has 3 rings (SSSR count). The number of aryl methyl sites for hydroxylation is 1. The van der Waals surface area contributed by atoms with Crippen molar-refractivity contribution in [3.63, 3.8) is 0 Å². The molecule has 0 aliphatic rings. The molecular weight excluding hydrogens is 328 g/mol. The fourth-order valence-corrected chi connectivity index (χ4v) is 2.28. The Labute approximate surface area is 144 Å². The average Bonchev–Trinajstić information content (AvgIpc) is 3.09. The number of aromatic nitrogens is 3. The zero-order valence-electron chi connectivity index (χ0n) is 12.9. The third-order valence-corrected chi connectivity index (χ3v) is 3.52. The largest absolute Gasteiger partial charge is 0.484 e. The Morgan fingerprint density at radius 2 is 2.04 bits per heavy atom. The third kappa shape index (κ3) is 3.91. The molecule has 1 N–H and O–H groups in total. The van der Waals surface area contributed by atoms with Crippen LogP contribution in [0, 0.1) is 6.92 Å². The minimum absolute atomic E-state index is 0.105. The molecule has 0 atom stereocenters. The van der Waals surface area contributed by atoms with Gasteiger partial charge in [-0.15, -0.1) is 0 Å². The molecule has 0 unspecified atom stereocenters.